The predicted octanol–water partition coefficient (Wildman–Crippen LogP) is 1.97. The van der Waals surface area contributed by atoms with Crippen molar-refractivity contribution in [1.82, 2.24) is 15.5 Å². The average Bonchev–Trinajstić information content (AvgIpc) is 2.35. The fourth-order valence-electron chi connectivity index (χ4n) is 3.21. The second-order valence-electron chi connectivity index (χ2n) is 8.14. The van der Waals surface area contributed by atoms with E-state index >= 15 is 0 Å². The highest BCUT2D eigenvalue weighted by Gasteiger charge is 2.35. The third-order valence-corrected chi connectivity index (χ3v) is 4.30. The van der Waals surface area contributed by atoms with Crippen molar-refractivity contribution in [3.05, 3.63) is 0 Å². The molecule has 0 saturated carbocycles. The predicted molar refractivity (Wildman–Crippen MR) is 84.4 cm³/mol. The Balaban J connectivity index is 1.77. The van der Waals surface area contributed by atoms with Crippen molar-refractivity contribution in [2.24, 2.45) is 5.92 Å². The quantitative estimate of drug-likeness (QED) is 0.833. The van der Waals surface area contributed by atoms with Gasteiger partial charge in [-0.2, -0.15) is 0 Å². The SMILES string of the molecule is CC(C)(CNC1CN2CCC1CC2)NC(=O)OC(C)(C)C. The van der Waals surface area contributed by atoms with Crippen LogP contribution in [-0.2, 0) is 4.74 Å². The van der Waals surface area contributed by atoms with Crippen LogP contribution in [0.1, 0.15) is 47.5 Å². The lowest BCUT2D eigenvalue weighted by Gasteiger charge is -2.46. The summed E-state index contributed by atoms with van der Waals surface area (Å²) in [5, 5.41) is 6.61. The maximum atomic E-state index is 11.9. The Morgan fingerprint density at radius 3 is 2.29 bits per heavy atom. The second-order valence-corrected chi connectivity index (χ2v) is 8.14. The first-order chi connectivity index (χ1) is 9.65. The minimum atomic E-state index is -0.455. The largest absolute Gasteiger partial charge is 0.444 e. The van der Waals surface area contributed by atoms with E-state index in [2.05, 4.69) is 15.5 Å². The number of rotatable bonds is 4. The molecule has 1 unspecified atom stereocenters. The smallest absolute Gasteiger partial charge is 0.408 e. The molecule has 0 radical (unpaired) electrons. The lowest BCUT2D eigenvalue weighted by Crippen LogP contribution is -2.60. The van der Waals surface area contributed by atoms with E-state index in [0.29, 0.717) is 6.04 Å². The van der Waals surface area contributed by atoms with Crippen LogP contribution in [0.4, 0.5) is 4.79 Å². The van der Waals surface area contributed by atoms with Gasteiger partial charge >= 0.3 is 6.09 Å². The number of carbonyl (C=O) groups excluding carboxylic acids is 1. The lowest BCUT2D eigenvalue weighted by molar-refractivity contribution is 0.0448. The number of alkyl carbamates (subject to hydrolysis) is 1. The molecule has 2 bridgehead atoms. The van der Waals surface area contributed by atoms with Crippen LogP contribution in [-0.4, -0.2) is 54.4 Å². The van der Waals surface area contributed by atoms with Gasteiger partial charge in [0.15, 0.2) is 0 Å². The number of ether oxygens (including phenoxy) is 1. The molecule has 0 aromatic carbocycles. The summed E-state index contributed by atoms with van der Waals surface area (Å²) in [5.41, 5.74) is -0.766. The number of nitrogens with zero attached hydrogens (tertiary/aromatic N) is 1. The molecule has 3 fully saturated rings. The minimum absolute atomic E-state index is 0.311. The normalized spacial score (nSPS) is 29.3. The number of piperidine rings is 3. The van der Waals surface area contributed by atoms with Crippen molar-refractivity contribution in [2.75, 3.05) is 26.2 Å². The third kappa shape index (κ3) is 5.15. The molecule has 0 aromatic rings. The Labute approximate surface area is 128 Å². The summed E-state index contributed by atoms with van der Waals surface area (Å²) < 4.78 is 5.33. The number of amides is 1. The van der Waals surface area contributed by atoms with Crippen LogP contribution in [0.25, 0.3) is 0 Å². The zero-order valence-electron chi connectivity index (χ0n) is 14.2. The highest BCUT2D eigenvalue weighted by molar-refractivity contribution is 5.68. The Morgan fingerprint density at radius 2 is 1.81 bits per heavy atom. The van der Waals surface area contributed by atoms with Crippen LogP contribution in [0.15, 0.2) is 0 Å². The number of nitrogens with one attached hydrogen (secondary N) is 2. The molecule has 0 spiro atoms. The summed E-state index contributed by atoms with van der Waals surface area (Å²) >= 11 is 0. The van der Waals surface area contributed by atoms with E-state index < -0.39 is 5.60 Å². The molecule has 3 aliphatic rings. The summed E-state index contributed by atoms with van der Waals surface area (Å²) in [6.45, 7) is 14.1. The summed E-state index contributed by atoms with van der Waals surface area (Å²) in [5.74, 6) is 0.798. The highest BCUT2D eigenvalue weighted by Crippen LogP contribution is 2.27. The Morgan fingerprint density at radius 1 is 1.19 bits per heavy atom. The molecule has 2 N–H and O–H groups in total. The van der Waals surface area contributed by atoms with Gasteiger partial charge in [0.1, 0.15) is 5.60 Å². The van der Waals surface area contributed by atoms with Gasteiger partial charge in [-0.05, 0) is 66.5 Å². The van der Waals surface area contributed by atoms with E-state index in [1.807, 2.05) is 34.6 Å². The van der Waals surface area contributed by atoms with E-state index in [9.17, 15) is 4.79 Å². The van der Waals surface area contributed by atoms with Crippen LogP contribution in [0.3, 0.4) is 0 Å². The van der Waals surface area contributed by atoms with E-state index in [4.69, 9.17) is 4.74 Å². The Bertz CT molecular complexity index is 368. The van der Waals surface area contributed by atoms with Crippen LogP contribution >= 0.6 is 0 Å². The van der Waals surface area contributed by atoms with Gasteiger partial charge in [0, 0.05) is 19.1 Å². The fraction of sp³-hybridized carbons (Fsp3) is 0.938. The minimum Gasteiger partial charge on any atom is -0.444 e. The highest BCUT2D eigenvalue weighted by atomic mass is 16.6. The van der Waals surface area contributed by atoms with Gasteiger partial charge in [0.2, 0.25) is 0 Å². The fourth-order valence-corrected chi connectivity index (χ4v) is 3.21. The van der Waals surface area contributed by atoms with Crippen LogP contribution in [0, 0.1) is 5.92 Å². The molecule has 3 saturated heterocycles. The molecular weight excluding hydrogens is 266 g/mol. The molecule has 1 atom stereocenters. The maximum Gasteiger partial charge on any atom is 0.408 e. The van der Waals surface area contributed by atoms with Gasteiger partial charge in [0.25, 0.3) is 0 Å². The maximum absolute atomic E-state index is 11.9. The lowest BCUT2D eigenvalue weighted by atomic mass is 9.83. The van der Waals surface area contributed by atoms with Gasteiger partial charge in [-0.3, -0.25) is 0 Å². The summed E-state index contributed by atoms with van der Waals surface area (Å²) in [7, 11) is 0. The molecular formula is C16H31N3O2. The number of hydrogen-bond donors (Lipinski definition) is 2. The first-order valence-corrected chi connectivity index (χ1v) is 8.11. The van der Waals surface area contributed by atoms with Crippen molar-refractivity contribution < 1.29 is 9.53 Å². The molecule has 0 aromatic heterocycles. The first kappa shape index (κ1) is 16.6. The van der Waals surface area contributed by atoms with Crippen molar-refractivity contribution >= 4 is 6.09 Å². The molecule has 5 heteroatoms. The van der Waals surface area contributed by atoms with Crippen LogP contribution in [0.5, 0.6) is 0 Å². The Hall–Kier alpha value is -0.810. The zero-order chi connectivity index (χ0) is 15.7. The number of carbonyl (C=O) groups is 1. The standard InChI is InChI=1S/C16H31N3O2/c1-15(2,3)21-14(20)18-16(4,5)11-17-13-10-19-8-6-12(13)7-9-19/h12-13,17H,6-11H2,1-5H3,(H,18,20). The van der Waals surface area contributed by atoms with E-state index in [1.54, 1.807) is 0 Å². The van der Waals surface area contributed by atoms with E-state index in [0.717, 1.165) is 19.0 Å². The third-order valence-electron chi connectivity index (χ3n) is 4.30. The molecule has 3 heterocycles. The summed E-state index contributed by atoms with van der Waals surface area (Å²) in [4.78, 5) is 14.4. The van der Waals surface area contributed by atoms with Gasteiger partial charge in [-0.25, -0.2) is 4.79 Å². The van der Waals surface area contributed by atoms with Gasteiger partial charge in [-0.15, -0.1) is 0 Å². The number of hydrogen-bond acceptors (Lipinski definition) is 4. The monoisotopic (exact) mass is 297 g/mol. The second kappa shape index (κ2) is 6.13. The van der Waals surface area contributed by atoms with Gasteiger partial charge in [0.05, 0.1) is 5.54 Å². The topological polar surface area (TPSA) is 53.6 Å². The van der Waals surface area contributed by atoms with Crippen molar-refractivity contribution in [3.63, 3.8) is 0 Å². The Kier molecular flexibility index (Phi) is 4.83. The van der Waals surface area contributed by atoms with Crippen molar-refractivity contribution in [3.8, 4) is 0 Å². The summed E-state index contributed by atoms with van der Waals surface area (Å²) in [6, 6.07) is 0.562. The van der Waals surface area contributed by atoms with E-state index in [1.165, 1.54) is 25.9 Å². The molecule has 21 heavy (non-hydrogen) atoms. The summed E-state index contributed by atoms with van der Waals surface area (Å²) in [6.07, 6.45) is 2.26. The van der Waals surface area contributed by atoms with E-state index in [-0.39, 0.29) is 11.6 Å². The first-order valence-electron chi connectivity index (χ1n) is 8.11. The number of fused-ring (bicyclic) bond motifs is 3. The molecule has 1 amide bonds. The molecule has 122 valence electrons. The van der Waals surface area contributed by atoms with Crippen molar-refractivity contribution in [1.29, 1.82) is 0 Å². The average molecular weight is 297 g/mol. The molecule has 0 aliphatic carbocycles. The van der Waals surface area contributed by atoms with Gasteiger partial charge < -0.3 is 20.3 Å². The molecule has 3 aliphatic heterocycles. The van der Waals surface area contributed by atoms with Crippen LogP contribution < -0.4 is 10.6 Å². The van der Waals surface area contributed by atoms with Crippen LogP contribution in [0.2, 0.25) is 0 Å². The molecule has 3 rings (SSSR count). The zero-order valence-corrected chi connectivity index (χ0v) is 14.2. The molecule has 5 nitrogen and oxygen atoms in total. The van der Waals surface area contributed by atoms with Gasteiger partial charge in [-0.1, -0.05) is 0 Å². The van der Waals surface area contributed by atoms with Crippen molar-refractivity contribution in [2.45, 2.75) is 64.6 Å².